The van der Waals surface area contributed by atoms with Crippen LogP contribution in [0.25, 0.3) is 0 Å². The maximum Gasteiger partial charge on any atom is 0.224 e. The van der Waals surface area contributed by atoms with Crippen LogP contribution in [0.15, 0.2) is 48.5 Å². The lowest BCUT2D eigenvalue weighted by Crippen LogP contribution is -2.43. The number of rotatable bonds is 8. The van der Waals surface area contributed by atoms with Crippen LogP contribution in [0, 0.1) is 5.92 Å². The molecule has 1 aliphatic heterocycles. The van der Waals surface area contributed by atoms with Gasteiger partial charge in [-0.1, -0.05) is 48.0 Å². The first kappa shape index (κ1) is 20.7. The van der Waals surface area contributed by atoms with E-state index in [0.29, 0.717) is 6.54 Å². The smallest absolute Gasteiger partial charge is 0.224 e. The van der Waals surface area contributed by atoms with E-state index in [0.717, 1.165) is 61.7 Å². The van der Waals surface area contributed by atoms with Gasteiger partial charge in [0.05, 0.1) is 13.0 Å². The molecule has 0 spiro atoms. The van der Waals surface area contributed by atoms with Crippen LogP contribution in [-0.4, -0.2) is 37.6 Å². The van der Waals surface area contributed by atoms with Crippen molar-refractivity contribution in [1.29, 1.82) is 0 Å². The largest absolute Gasteiger partial charge is 0.496 e. The summed E-state index contributed by atoms with van der Waals surface area (Å²) in [5, 5.41) is 3.92. The zero-order valence-corrected chi connectivity index (χ0v) is 17.3. The van der Waals surface area contributed by atoms with Crippen LogP contribution < -0.4 is 10.1 Å². The maximum absolute atomic E-state index is 12.6. The van der Waals surface area contributed by atoms with Crippen LogP contribution >= 0.6 is 11.6 Å². The molecule has 1 saturated heterocycles. The molecule has 0 bridgehead atoms. The van der Waals surface area contributed by atoms with E-state index >= 15 is 0 Å². The van der Waals surface area contributed by atoms with Crippen molar-refractivity contribution in [3.63, 3.8) is 0 Å². The zero-order chi connectivity index (χ0) is 19.8. The molecule has 3 rings (SSSR count). The fourth-order valence-electron chi connectivity index (χ4n) is 3.82. The van der Waals surface area contributed by atoms with Gasteiger partial charge in [0, 0.05) is 24.7 Å². The number of nitrogens with zero attached hydrogens (tertiary/aromatic N) is 1. The summed E-state index contributed by atoms with van der Waals surface area (Å²) in [7, 11) is 1.69. The van der Waals surface area contributed by atoms with Gasteiger partial charge in [-0.15, -0.1) is 0 Å². The highest BCUT2D eigenvalue weighted by Gasteiger charge is 2.25. The number of piperidine rings is 1. The van der Waals surface area contributed by atoms with Crippen molar-refractivity contribution in [2.24, 2.45) is 5.92 Å². The molecule has 2 aromatic rings. The van der Waals surface area contributed by atoms with Gasteiger partial charge in [0.1, 0.15) is 5.75 Å². The summed E-state index contributed by atoms with van der Waals surface area (Å²) in [6, 6.07) is 16.0. The molecule has 1 fully saturated rings. The van der Waals surface area contributed by atoms with Gasteiger partial charge in [-0.25, -0.2) is 0 Å². The summed E-state index contributed by atoms with van der Waals surface area (Å²) < 4.78 is 5.39. The predicted molar refractivity (Wildman–Crippen MR) is 114 cm³/mol. The lowest BCUT2D eigenvalue weighted by Gasteiger charge is -2.32. The van der Waals surface area contributed by atoms with Crippen LogP contribution in [0.4, 0.5) is 0 Å². The van der Waals surface area contributed by atoms with Gasteiger partial charge >= 0.3 is 0 Å². The highest BCUT2D eigenvalue weighted by atomic mass is 35.5. The van der Waals surface area contributed by atoms with Gasteiger partial charge in [-0.2, -0.15) is 0 Å². The number of carbonyl (C=O) groups is 1. The fourth-order valence-corrected chi connectivity index (χ4v) is 4.02. The minimum absolute atomic E-state index is 0.0579. The van der Waals surface area contributed by atoms with Crippen LogP contribution in [0.5, 0.6) is 5.75 Å². The molecular weight excluding hydrogens is 372 g/mol. The van der Waals surface area contributed by atoms with Crippen molar-refractivity contribution < 1.29 is 9.53 Å². The van der Waals surface area contributed by atoms with Crippen LogP contribution in [0.3, 0.4) is 0 Å². The average Bonchev–Trinajstić information content (AvgIpc) is 2.73. The summed E-state index contributed by atoms with van der Waals surface area (Å²) in [6.45, 7) is 3.31. The lowest BCUT2D eigenvalue weighted by molar-refractivity contribution is -0.126. The Kier molecular flexibility index (Phi) is 7.75. The molecule has 0 aliphatic carbocycles. The number of amides is 1. The first-order chi connectivity index (χ1) is 13.7. The van der Waals surface area contributed by atoms with Gasteiger partial charge in [0.15, 0.2) is 0 Å². The Balaban J connectivity index is 1.43. The summed E-state index contributed by atoms with van der Waals surface area (Å²) in [6.07, 6.45) is 3.80. The van der Waals surface area contributed by atoms with Crippen molar-refractivity contribution in [2.45, 2.75) is 32.2 Å². The normalized spacial score (nSPS) is 17.3. The second-order valence-electron chi connectivity index (χ2n) is 7.37. The number of aryl methyl sites for hydroxylation is 1. The molecule has 1 heterocycles. The molecular formula is C23H29ClN2O2. The Morgan fingerprint density at radius 2 is 1.93 bits per heavy atom. The van der Waals surface area contributed by atoms with E-state index < -0.39 is 0 Å². The zero-order valence-electron chi connectivity index (χ0n) is 16.5. The quantitative estimate of drug-likeness (QED) is 0.671. The number of halogens is 1. The molecule has 28 heavy (non-hydrogen) atoms. The third-order valence-electron chi connectivity index (χ3n) is 5.34. The van der Waals surface area contributed by atoms with E-state index in [4.69, 9.17) is 16.3 Å². The third-order valence-corrected chi connectivity index (χ3v) is 5.71. The molecule has 0 radical (unpaired) electrons. The molecule has 1 amide bonds. The molecule has 5 heteroatoms. The monoisotopic (exact) mass is 400 g/mol. The fraction of sp³-hybridized carbons (Fsp3) is 0.435. The van der Waals surface area contributed by atoms with Gasteiger partial charge < -0.3 is 10.1 Å². The first-order valence-electron chi connectivity index (χ1n) is 10.0. The van der Waals surface area contributed by atoms with E-state index in [9.17, 15) is 4.79 Å². The number of ether oxygens (including phenoxy) is 1. The molecule has 0 saturated carbocycles. The lowest BCUT2D eigenvalue weighted by atomic mass is 9.96. The predicted octanol–water partition coefficient (Wildman–Crippen LogP) is 4.31. The second kappa shape index (κ2) is 10.5. The number of nitrogens with one attached hydrogen (secondary N) is 1. The maximum atomic E-state index is 12.6. The highest BCUT2D eigenvalue weighted by Crippen LogP contribution is 2.22. The molecule has 1 N–H and O–H groups in total. The van der Waals surface area contributed by atoms with E-state index in [1.54, 1.807) is 7.11 Å². The minimum Gasteiger partial charge on any atom is -0.496 e. The van der Waals surface area contributed by atoms with Crippen molar-refractivity contribution in [1.82, 2.24) is 10.2 Å². The first-order valence-corrected chi connectivity index (χ1v) is 10.4. The van der Waals surface area contributed by atoms with Crippen molar-refractivity contribution in [2.75, 3.05) is 26.7 Å². The Morgan fingerprint density at radius 1 is 1.18 bits per heavy atom. The summed E-state index contributed by atoms with van der Waals surface area (Å²) in [5.74, 6) is 1.14. The minimum atomic E-state index is 0.0579. The van der Waals surface area contributed by atoms with Crippen LogP contribution in [0.2, 0.25) is 5.02 Å². The highest BCUT2D eigenvalue weighted by molar-refractivity contribution is 6.31. The third kappa shape index (κ3) is 5.73. The molecule has 0 aromatic heterocycles. The Hall–Kier alpha value is -2.04. The van der Waals surface area contributed by atoms with Crippen molar-refractivity contribution in [3.05, 3.63) is 64.7 Å². The Labute approximate surface area is 172 Å². The van der Waals surface area contributed by atoms with E-state index in [1.165, 1.54) is 5.56 Å². The van der Waals surface area contributed by atoms with Gasteiger partial charge in [0.2, 0.25) is 5.91 Å². The molecule has 1 aliphatic rings. The second-order valence-corrected chi connectivity index (χ2v) is 7.78. The number of benzene rings is 2. The summed E-state index contributed by atoms with van der Waals surface area (Å²) in [4.78, 5) is 14.9. The van der Waals surface area contributed by atoms with Gasteiger partial charge in [-0.05, 0) is 55.5 Å². The Morgan fingerprint density at radius 3 is 2.71 bits per heavy atom. The topological polar surface area (TPSA) is 41.6 Å². The summed E-state index contributed by atoms with van der Waals surface area (Å²) >= 11 is 6.28. The number of hydrogen-bond donors (Lipinski definition) is 1. The van der Waals surface area contributed by atoms with Crippen LogP contribution in [0.1, 0.15) is 30.4 Å². The number of hydrogen-bond acceptors (Lipinski definition) is 3. The number of carbonyl (C=O) groups excluding carboxylic acids is 1. The number of para-hydroxylation sites is 1. The van der Waals surface area contributed by atoms with E-state index in [2.05, 4.69) is 22.3 Å². The summed E-state index contributed by atoms with van der Waals surface area (Å²) in [5.41, 5.74) is 2.31. The Bertz CT molecular complexity index is 781. The number of likely N-dealkylation sites (tertiary alicyclic amines) is 1. The van der Waals surface area contributed by atoms with Crippen molar-refractivity contribution in [3.8, 4) is 5.75 Å². The number of methoxy groups -OCH3 is 1. The molecule has 2 aromatic carbocycles. The standard InChI is InChI=1S/C23H29ClN2O2/c1-28-22-13-5-3-8-18(22)10-6-14-25-23(27)20-11-7-15-26(17-20)16-19-9-2-4-12-21(19)24/h2-5,8-9,12-13,20H,6-7,10-11,14-17H2,1H3,(H,25,27). The van der Waals surface area contributed by atoms with E-state index in [-0.39, 0.29) is 11.8 Å². The molecule has 1 atom stereocenters. The van der Waals surface area contributed by atoms with E-state index in [1.807, 2.05) is 36.4 Å². The van der Waals surface area contributed by atoms with Crippen molar-refractivity contribution >= 4 is 17.5 Å². The average molecular weight is 401 g/mol. The van der Waals surface area contributed by atoms with Gasteiger partial charge in [0.25, 0.3) is 0 Å². The van der Waals surface area contributed by atoms with Gasteiger partial charge in [-0.3, -0.25) is 9.69 Å². The van der Waals surface area contributed by atoms with Crippen LogP contribution in [-0.2, 0) is 17.8 Å². The molecule has 1 unspecified atom stereocenters. The SMILES string of the molecule is COc1ccccc1CCCNC(=O)C1CCCN(Cc2ccccc2Cl)C1. The molecule has 4 nitrogen and oxygen atoms in total. The molecule has 150 valence electrons.